The number of pyridine rings is 1. The lowest BCUT2D eigenvalue weighted by molar-refractivity contribution is 0.477. The van der Waals surface area contributed by atoms with Crippen molar-refractivity contribution < 1.29 is 21.6 Å². The summed E-state index contributed by atoms with van der Waals surface area (Å²) in [4.78, 5) is 9.93. The summed E-state index contributed by atoms with van der Waals surface area (Å²) in [6, 6.07) is 30.0. The molecule has 0 aliphatic rings. The molecule has 58 heavy (non-hydrogen) atoms. The third kappa shape index (κ3) is 7.24. The first-order valence-electron chi connectivity index (χ1n) is 25.3. The second-order valence-corrected chi connectivity index (χ2v) is 16.2. The molecule has 0 unspecified atom stereocenters. The van der Waals surface area contributed by atoms with Crippen LogP contribution in [0.15, 0.2) is 140 Å². The molecule has 0 saturated heterocycles. The molecule has 4 heteroatoms. The number of aryl methyl sites for hydroxylation is 1. The maximum Gasteiger partial charge on any atom is 0.149 e. The zero-order valence-corrected chi connectivity index (χ0v) is 33.8. The molecule has 0 spiro atoms. The largest absolute Gasteiger partial charge is 0.507 e. The normalized spacial score (nSPS) is 15.7. The smallest absolute Gasteiger partial charge is 0.149 e. The van der Waals surface area contributed by atoms with Gasteiger partial charge in [0.15, 0.2) is 0 Å². The minimum atomic E-state index is -2.85. The number of hydrogen-bond donors (Lipinski definition) is 1. The van der Waals surface area contributed by atoms with Crippen LogP contribution in [-0.4, -0.2) is 19.6 Å². The van der Waals surface area contributed by atoms with Gasteiger partial charge >= 0.3 is 0 Å². The van der Waals surface area contributed by atoms with E-state index in [9.17, 15) is 5.11 Å². The molecule has 4 nitrogen and oxygen atoms in total. The third-order valence-electron chi connectivity index (χ3n) is 10.6. The van der Waals surface area contributed by atoms with Gasteiger partial charge in [0.05, 0.1) is 33.5 Å². The molecular weight excluding hydrogens is 707 g/mol. The summed E-state index contributed by atoms with van der Waals surface area (Å²) in [5.74, 6) is -1.96. The maximum atomic E-state index is 11.4. The number of imidazole rings is 1. The quantitative estimate of drug-likeness (QED) is 0.167. The predicted octanol–water partition coefficient (Wildman–Crippen LogP) is 14.6. The van der Waals surface area contributed by atoms with E-state index < -0.39 is 60.6 Å². The second-order valence-electron chi connectivity index (χ2n) is 16.2. The van der Waals surface area contributed by atoms with Gasteiger partial charge in [-0.1, -0.05) is 133 Å². The number of hydrogen-bond acceptors (Lipinski definition) is 3. The summed E-state index contributed by atoms with van der Waals surface area (Å²) < 4.78 is 105. The molecule has 2 aromatic heterocycles. The fraction of sp³-hybridized carbons (Fsp3) is 0.222. The van der Waals surface area contributed by atoms with Crippen molar-refractivity contribution in [1.82, 2.24) is 14.5 Å². The van der Waals surface area contributed by atoms with Crippen LogP contribution >= 0.6 is 0 Å². The van der Waals surface area contributed by atoms with Gasteiger partial charge in [-0.3, -0.25) is 9.55 Å². The van der Waals surface area contributed by atoms with Crippen LogP contribution in [0.25, 0.3) is 72.7 Å². The summed E-state index contributed by atoms with van der Waals surface area (Å²) in [6.07, 6.45) is 1.51. The topological polar surface area (TPSA) is 50.9 Å². The number of nitrogens with zero attached hydrogens (tertiary/aromatic N) is 3. The Balaban J connectivity index is 1.38. The fourth-order valence-corrected chi connectivity index (χ4v) is 7.57. The molecular formula is C54H53N3O. The van der Waals surface area contributed by atoms with Gasteiger partial charge in [0.25, 0.3) is 0 Å². The Morgan fingerprint density at radius 3 is 2.07 bits per heavy atom. The SMILES string of the molecule is [2H]c1c([2H])c(C([2H])([2H])[2H])c([2H])c([2H])c1-c1ccnc(-c2cc(-c3cccc4c3nc(-c3ccccc3O)n4-c3ccc(-c4c(C([2H])(C)C)cccc4C([2H])(C)C)cc3C([2H])([2H])[2H])cc(C(C)(C)C)c2)c1. The maximum absolute atomic E-state index is 11.4. The number of para-hydroxylation sites is 2. The number of aromatic nitrogens is 3. The van der Waals surface area contributed by atoms with Crippen LogP contribution in [0.5, 0.6) is 5.75 Å². The van der Waals surface area contributed by atoms with Gasteiger partial charge in [0.2, 0.25) is 0 Å². The number of rotatable bonds is 8. The third-order valence-corrected chi connectivity index (χ3v) is 10.6. The lowest BCUT2D eigenvalue weighted by Crippen LogP contribution is -2.11. The average molecular weight is 772 g/mol. The van der Waals surface area contributed by atoms with Gasteiger partial charge < -0.3 is 5.11 Å². The van der Waals surface area contributed by atoms with Crippen molar-refractivity contribution in [3.8, 4) is 67.5 Å². The van der Waals surface area contributed by atoms with E-state index in [1.807, 2.05) is 54.6 Å². The van der Waals surface area contributed by atoms with Crippen LogP contribution in [0.3, 0.4) is 0 Å². The van der Waals surface area contributed by atoms with Crippen LogP contribution in [0, 0.1) is 13.7 Å². The Labute approximate surface area is 360 Å². The minimum Gasteiger partial charge on any atom is -0.507 e. The molecule has 8 aromatic rings. The van der Waals surface area contributed by atoms with Crippen molar-refractivity contribution in [3.63, 3.8) is 0 Å². The molecule has 0 radical (unpaired) electrons. The molecule has 0 amide bonds. The summed E-state index contributed by atoms with van der Waals surface area (Å²) in [7, 11) is 0. The van der Waals surface area contributed by atoms with Gasteiger partial charge in [0, 0.05) is 28.3 Å². The van der Waals surface area contributed by atoms with E-state index >= 15 is 0 Å². The van der Waals surface area contributed by atoms with Gasteiger partial charge in [-0.05, 0) is 136 Å². The fourth-order valence-electron chi connectivity index (χ4n) is 7.57. The lowest BCUT2D eigenvalue weighted by atomic mass is 9.83. The molecule has 0 bridgehead atoms. The summed E-state index contributed by atoms with van der Waals surface area (Å²) in [5.41, 5.74) is 6.81. The molecule has 2 heterocycles. The number of phenols is 1. The molecule has 0 fully saturated rings. The average Bonchev–Trinajstić information content (AvgIpc) is 3.66. The van der Waals surface area contributed by atoms with Crippen molar-refractivity contribution in [2.75, 3.05) is 0 Å². The predicted molar refractivity (Wildman–Crippen MR) is 244 cm³/mol. The molecule has 290 valence electrons. The minimum absolute atomic E-state index is 0.00420. The monoisotopic (exact) mass is 771 g/mol. The van der Waals surface area contributed by atoms with Gasteiger partial charge in [-0.2, -0.15) is 0 Å². The van der Waals surface area contributed by atoms with Crippen LogP contribution < -0.4 is 0 Å². The van der Waals surface area contributed by atoms with Crippen molar-refractivity contribution in [2.45, 2.75) is 79.4 Å². The van der Waals surface area contributed by atoms with Crippen LogP contribution in [0.2, 0.25) is 0 Å². The highest BCUT2D eigenvalue weighted by atomic mass is 16.3. The highest BCUT2D eigenvalue weighted by molar-refractivity contribution is 5.97. The Morgan fingerprint density at radius 1 is 0.672 bits per heavy atom. The highest BCUT2D eigenvalue weighted by Gasteiger charge is 2.24. The summed E-state index contributed by atoms with van der Waals surface area (Å²) in [6.45, 7) is 7.75. The summed E-state index contributed by atoms with van der Waals surface area (Å²) >= 11 is 0. The Morgan fingerprint density at radius 2 is 1.38 bits per heavy atom. The van der Waals surface area contributed by atoms with E-state index in [-0.39, 0.29) is 22.7 Å². The zero-order valence-electron chi connectivity index (χ0n) is 45.8. The number of phenolic OH excluding ortho intramolecular Hbond substituents is 1. The molecule has 0 atom stereocenters. The second kappa shape index (κ2) is 15.2. The molecule has 0 aliphatic carbocycles. The van der Waals surface area contributed by atoms with Gasteiger partial charge in [-0.25, -0.2) is 4.98 Å². The van der Waals surface area contributed by atoms with E-state index in [1.54, 1.807) is 80.8 Å². The number of aromatic hydroxyl groups is 1. The van der Waals surface area contributed by atoms with Crippen molar-refractivity contribution in [3.05, 3.63) is 167 Å². The van der Waals surface area contributed by atoms with E-state index in [0.29, 0.717) is 66.9 Å². The Hall–Kier alpha value is -6.26. The summed E-state index contributed by atoms with van der Waals surface area (Å²) in [5, 5.41) is 11.4. The van der Waals surface area contributed by atoms with E-state index in [0.717, 1.165) is 11.1 Å². The lowest BCUT2D eigenvalue weighted by Gasteiger charge is -2.22. The van der Waals surface area contributed by atoms with Crippen LogP contribution in [0.1, 0.15) is 105 Å². The zero-order chi connectivity index (χ0) is 51.2. The van der Waals surface area contributed by atoms with Crippen molar-refractivity contribution in [1.29, 1.82) is 0 Å². The molecule has 6 aromatic carbocycles. The van der Waals surface area contributed by atoms with Crippen LogP contribution in [-0.2, 0) is 5.41 Å². The molecule has 0 aliphatic heterocycles. The van der Waals surface area contributed by atoms with Gasteiger partial charge in [-0.15, -0.1) is 0 Å². The van der Waals surface area contributed by atoms with Gasteiger partial charge in [0.1, 0.15) is 11.6 Å². The van der Waals surface area contributed by atoms with Crippen molar-refractivity contribution >= 4 is 11.0 Å². The first-order valence-corrected chi connectivity index (χ1v) is 19.3. The van der Waals surface area contributed by atoms with E-state index in [4.69, 9.17) is 26.4 Å². The molecule has 8 rings (SSSR count). The van der Waals surface area contributed by atoms with E-state index in [1.165, 1.54) is 6.20 Å². The number of fused-ring (bicyclic) bond motifs is 1. The number of benzene rings is 6. The first-order chi connectivity index (χ1) is 32.5. The Bertz CT molecular complexity index is 3310. The highest BCUT2D eigenvalue weighted by Crippen LogP contribution is 2.42. The molecule has 1 N–H and O–H groups in total. The van der Waals surface area contributed by atoms with Crippen molar-refractivity contribution in [2.24, 2.45) is 0 Å². The Kier molecular flexibility index (Phi) is 7.00. The van der Waals surface area contributed by atoms with Crippen LogP contribution in [0.4, 0.5) is 0 Å². The standard InChI is InChI=1S/C54H53N3O/c1-33(2)43-15-12-16-44(34(3)4)51(43)39-24-25-48(36(6)28-39)57-49-18-13-17-45(52(49)56-53(57)46-14-10-11-19-50(46)58)40-29-41(31-42(30-40)54(7,8)9)47-32-38(26-27-55-47)37-22-20-35(5)21-23-37/h10-34,58H,1-9H3/i5D3,6D3,20D,21D,22D,23D,33D,34D. The van der Waals surface area contributed by atoms with E-state index in [2.05, 4.69) is 26.8 Å². The first kappa shape index (κ1) is 26.6. The molecule has 0 saturated carbocycles.